The van der Waals surface area contributed by atoms with Gasteiger partial charge in [0.1, 0.15) is 5.82 Å². The Balaban J connectivity index is 2.06. The third-order valence-electron chi connectivity index (χ3n) is 2.84. The third kappa shape index (κ3) is 3.90. The van der Waals surface area contributed by atoms with Crippen LogP contribution >= 0.6 is 0 Å². The summed E-state index contributed by atoms with van der Waals surface area (Å²) in [6, 6.07) is 13.2. The van der Waals surface area contributed by atoms with Crippen molar-refractivity contribution in [3.8, 4) is 0 Å². The van der Waals surface area contributed by atoms with E-state index in [1.807, 2.05) is 57.4 Å². The highest BCUT2D eigenvalue weighted by Gasteiger charge is 2.07. The summed E-state index contributed by atoms with van der Waals surface area (Å²) in [5.41, 5.74) is 2.69. The predicted molar refractivity (Wildman–Crippen MR) is 80.8 cm³/mol. The number of nitrogens with zero attached hydrogens (tertiary/aromatic N) is 2. The number of hydrogen-bond donors (Lipinski definition) is 1. The van der Waals surface area contributed by atoms with Gasteiger partial charge in [-0.15, -0.1) is 0 Å². The SMILES string of the molecule is Cc1cccc(NC(=O)c2ccc(CN(C)C)cc2)n1. The highest BCUT2D eigenvalue weighted by molar-refractivity contribution is 6.03. The van der Waals surface area contributed by atoms with Crippen LogP contribution in [-0.2, 0) is 6.54 Å². The lowest BCUT2D eigenvalue weighted by Gasteiger charge is -2.10. The minimum atomic E-state index is -0.139. The molecule has 0 unspecified atom stereocenters. The standard InChI is InChI=1S/C16H19N3O/c1-12-5-4-6-15(17-12)18-16(20)14-9-7-13(8-10-14)11-19(2)3/h4-10H,11H2,1-3H3,(H,17,18,20). The predicted octanol–water partition coefficient (Wildman–Crippen LogP) is 2.70. The van der Waals surface area contributed by atoms with Crippen LogP contribution in [0.1, 0.15) is 21.6 Å². The zero-order chi connectivity index (χ0) is 14.5. The molecule has 0 saturated carbocycles. The fourth-order valence-electron chi connectivity index (χ4n) is 1.93. The van der Waals surface area contributed by atoms with E-state index in [0.717, 1.165) is 12.2 Å². The number of nitrogens with one attached hydrogen (secondary N) is 1. The molecule has 0 aliphatic carbocycles. The molecule has 2 rings (SSSR count). The first kappa shape index (κ1) is 14.2. The lowest BCUT2D eigenvalue weighted by molar-refractivity contribution is 0.102. The average Bonchev–Trinajstić information content (AvgIpc) is 2.38. The fraction of sp³-hybridized carbons (Fsp3) is 0.250. The summed E-state index contributed by atoms with van der Waals surface area (Å²) in [5, 5.41) is 2.80. The molecule has 1 aromatic heterocycles. The van der Waals surface area contributed by atoms with Crippen molar-refractivity contribution in [1.29, 1.82) is 0 Å². The molecule has 4 heteroatoms. The number of aromatic nitrogens is 1. The van der Waals surface area contributed by atoms with Gasteiger partial charge in [-0.05, 0) is 50.8 Å². The first-order valence-corrected chi connectivity index (χ1v) is 6.53. The van der Waals surface area contributed by atoms with E-state index in [1.54, 1.807) is 6.07 Å². The van der Waals surface area contributed by atoms with Crippen LogP contribution in [0.25, 0.3) is 0 Å². The van der Waals surface area contributed by atoms with Crippen LogP contribution in [-0.4, -0.2) is 29.9 Å². The van der Waals surface area contributed by atoms with Crippen LogP contribution in [0, 0.1) is 6.92 Å². The Morgan fingerprint density at radius 2 is 1.85 bits per heavy atom. The Labute approximate surface area is 119 Å². The molecule has 2 aromatic rings. The molecule has 1 N–H and O–H groups in total. The molecule has 4 nitrogen and oxygen atoms in total. The maximum atomic E-state index is 12.1. The number of aryl methyl sites for hydroxylation is 1. The average molecular weight is 269 g/mol. The Morgan fingerprint density at radius 3 is 2.45 bits per heavy atom. The van der Waals surface area contributed by atoms with Gasteiger partial charge in [-0.2, -0.15) is 0 Å². The van der Waals surface area contributed by atoms with Gasteiger partial charge in [-0.1, -0.05) is 18.2 Å². The summed E-state index contributed by atoms with van der Waals surface area (Å²) < 4.78 is 0. The van der Waals surface area contributed by atoms with Crippen LogP contribution in [0.3, 0.4) is 0 Å². The van der Waals surface area contributed by atoms with E-state index in [2.05, 4.69) is 15.2 Å². The molecule has 1 heterocycles. The normalized spacial score (nSPS) is 10.6. The first-order chi connectivity index (χ1) is 9.54. The second-order valence-electron chi connectivity index (χ2n) is 5.05. The molecule has 0 aliphatic rings. The van der Waals surface area contributed by atoms with Gasteiger partial charge in [-0.25, -0.2) is 4.98 Å². The van der Waals surface area contributed by atoms with Crippen LogP contribution in [0.4, 0.5) is 5.82 Å². The smallest absolute Gasteiger partial charge is 0.256 e. The Bertz CT molecular complexity index is 591. The molecule has 1 aromatic carbocycles. The zero-order valence-corrected chi connectivity index (χ0v) is 12.1. The van der Waals surface area contributed by atoms with Crippen LogP contribution < -0.4 is 5.32 Å². The fourth-order valence-corrected chi connectivity index (χ4v) is 1.93. The van der Waals surface area contributed by atoms with Crippen LogP contribution in [0.5, 0.6) is 0 Å². The van der Waals surface area contributed by atoms with E-state index in [1.165, 1.54) is 5.56 Å². The molecule has 0 aliphatic heterocycles. The molecule has 1 amide bonds. The topological polar surface area (TPSA) is 45.2 Å². The summed E-state index contributed by atoms with van der Waals surface area (Å²) in [7, 11) is 4.04. The molecule has 0 radical (unpaired) electrons. The van der Waals surface area contributed by atoms with E-state index in [9.17, 15) is 4.79 Å². The lowest BCUT2D eigenvalue weighted by atomic mass is 10.1. The molecule has 104 valence electrons. The molecule has 0 spiro atoms. The number of rotatable bonds is 4. The van der Waals surface area contributed by atoms with Gasteiger partial charge < -0.3 is 10.2 Å². The minimum absolute atomic E-state index is 0.139. The number of amides is 1. The highest BCUT2D eigenvalue weighted by Crippen LogP contribution is 2.10. The number of hydrogen-bond acceptors (Lipinski definition) is 3. The molecular weight excluding hydrogens is 250 g/mol. The van der Waals surface area contributed by atoms with E-state index < -0.39 is 0 Å². The van der Waals surface area contributed by atoms with Crippen molar-refractivity contribution >= 4 is 11.7 Å². The maximum Gasteiger partial charge on any atom is 0.256 e. The number of carbonyl (C=O) groups is 1. The summed E-state index contributed by atoms with van der Waals surface area (Å²) in [6.07, 6.45) is 0. The molecule has 0 fully saturated rings. The van der Waals surface area contributed by atoms with Gasteiger partial charge >= 0.3 is 0 Å². The zero-order valence-electron chi connectivity index (χ0n) is 12.1. The van der Waals surface area contributed by atoms with E-state index in [-0.39, 0.29) is 5.91 Å². The van der Waals surface area contributed by atoms with Crippen LogP contribution in [0.15, 0.2) is 42.5 Å². The van der Waals surface area contributed by atoms with Gasteiger partial charge in [0.2, 0.25) is 0 Å². The minimum Gasteiger partial charge on any atom is -0.307 e. The third-order valence-corrected chi connectivity index (χ3v) is 2.84. The number of pyridine rings is 1. The van der Waals surface area contributed by atoms with Crippen LogP contribution in [0.2, 0.25) is 0 Å². The molecule has 0 atom stereocenters. The quantitative estimate of drug-likeness (QED) is 0.928. The Morgan fingerprint density at radius 1 is 1.15 bits per heavy atom. The second kappa shape index (κ2) is 6.30. The molecular formula is C16H19N3O. The molecule has 0 saturated heterocycles. The van der Waals surface area contributed by atoms with E-state index in [0.29, 0.717) is 11.4 Å². The van der Waals surface area contributed by atoms with Crippen molar-refractivity contribution in [3.05, 3.63) is 59.3 Å². The van der Waals surface area contributed by atoms with Crippen molar-refractivity contribution in [3.63, 3.8) is 0 Å². The van der Waals surface area contributed by atoms with Gasteiger partial charge in [0.25, 0.3) is 5.91 Å². The molecule has 0 bridgehead atoms. The monoisotopic (exact) mass is 269 g/mol. The van der Waals surface area contributed by atoms with Gasteiger partial charge in [0.05, 0.1) is 0 Å². The second-order valence-corrected chi connectivity index (χ2v) is 5.05. The van der Waals surface area contributed by atoms with Gasteiger partial charge in [-0.3, -0.25) is 4.79 Å². The number of carbonyl (C=O) groups excluding carboxylic acids is 1. The number of anilines is 1. The summed E-state index contributed by atoms with van der Waals surface area (Å²) in [6.45, 7) is 2.76. The highest BCUT2D eigenvalue weighted by atomic mass is 16.1. The van der Waals surface area contributed by atoms with Crippen molar-refractivity contribution in [2.24, 2.45) is 0 Å². The summed E-state index contributed by atoms with van der Waals surface area (Å²) in [4.78, 5) is 18.4. The van der Waals surface area contributed by atoms with Gasteiger partial charge in [0, 0.05) is 17.8 Å². The maximum absolute atomic E-state index is 12.1. The number of benzene rings is 1. The van der Waals surface area contributed by atoms with Gasteiger partial charge in [0.15, 0.2) is 0 Å². The Kier molecular flexibility index (Phi) is 4.48. The Hall–Kier alpha value is -2.20. The van der Waals surface area contributed by atoms with Crippen molar-refractivity contribution in [2.45, 2.75) is 13.5 Å². The van der Waals surface area contributed by atoms with E-state index in [4.69, 9.17) is 0 Å². The van der Waals surface area contributed by atoms with Crippen molar-refractivity contribution in [1.82, 2.24) is 9.88 Å². The largest absolute Gasteiger partial charge is 0.307 e. The summed E-state index contributed by atoms with van der Waals surface area (Å²) in [5.74, 6) is 0.437. The van der Waals surface area contributed by atoms with E-state index >= 15 is 0 Å². The van der Waals surface area contributed by atoms with Crippen molar-refractivity contribution in [2.75, 3.05) is 19.4 Å². The van der Waals surface area contributed by atoms with Crippen molar-refractivity contribution < 1.29 is 4.79 Å². The summed E-state index contributed by atoms with van der Waals surface area (Å²) >= 11 is 0. The first-order valence-electron chi connectivity index (χ1n) is 6.53. The lowest BCUT2D eigenvalue weighted by Crippen LogP contribution is -2.14. The molecule has 20 heavy (non-hydrogen) atoms.